The van der Waals surface area contributed by atoms with Crippen LogP contribution in [0.1, 0.15) is 43.3 Å². The van der Waals surface area contributed by atoms with Gasteiger partial charge in [0.2, 0.25) is 0 Å². The predicted octanol–water partition coefficient (Wildman–Crippen LogP) is 1.78. The molecule has 1 aliphatic carbocycles. The van der Waals surface area contributed by atoms with Crippen molar-refractivity contribution in [2.75, 3.05) is 5.73 Å². The molecule has 0 aromatic carbocycles. The SMILES string of the molecule is CCc1nc2c(cc1N)CCC2OC(C)=O. The smallest absolute Gasteiger partial charge is 0.303 e. The first kappa shape index (κ1) is 10.9. The van der Waals surface area contributed by atoms with Gasteiger partial charge < -0.3 is 10.5 Å². The number of carbonyl (C=O) groups excluding carboxylic acids is 1. The molecule has 16 heavy (non-hydrogen) atoms. The first-order valence-corrected chi connectivity index (χ1v) is 5.57. The Morgan fingerprint density at radius 3 is 3.06 bits per heavy atom. The second-order valence-electron chi connectivity index (χ2n) is 4.06. The molecule has 0 amide bonds. The van der Waals surface area contributed by atoms with Crippen molar-refractivity contribution in [1.82, 2.24) is 4.98 Å². The van der Waals surface area contributed by atoms with E-state index in [9.17, 15) is 4.79 Å². The van der Waals surface area contributed by atoms with Crippen LogP contribution in [-0.2, 0) is 22.4 Å². The van der Waals surface area contributed by atoms with Crippen molar-refractivity contribution in [3.8, 4) is 0 Å². The van der Waals surface area contributed by atoms with E-state index in [1.54, 1.807) is 0 Å². The summed E-state index contributed by atoms with van der Waals surface area (Å²) in [4.78, 5) is 15.5. The number of carbonyl (C=O) groups is 1. The Morgan fingerprint density at radius 1 is 1.69 bits per heavy atom. The van der Waals surface area contributed by atoms with Crippen LogP contribution >= 0.6 is 0 Å². The van der Waals surface area contributed by atoms with Crippen LogP contribution in [0, 0.1) is 0 Å². The lowest BCUT2D eigenvalue weighted by Crippen LogP contribution is -2.08. The van der Waals surface area contributed by atoms with E-state index in [0.717, 1.165) is 41.9 Å². The molecule has 1 aromatic rings. The molecule has 2 N–H and O–H groups in total. The second-order valence-corrected chi connectivity index (χ2v) is 4.06. The molecule has 1 aromatic heterocycles. The highest BCUT2D eigenvalue weighted by molar-refractivity contribution is 5.66. The third-order valence-electron chi connectivity index (χ3n) is 2.87. The molecule has 1 unspecified atom stereocenters. The van der Waals surface area contributed by atoms with E-state index < -0.39 is 0 Å². The number of hydrogen-bond acceptors (Lipinski definition) is 4. The van der Waals surface area contributed by atoms with Gasteiger partial charge in [-0.1, -0.05) is 6.92 Å². The van der Waals surface area contributed by atoms with Gasteiger partial charge in [0, 0.05) is 6.92 Å². The molecule has 4 nitrogen and oxygen atoms in total. The Kier molecular flexibility index (Phi) is 2.81. The van der Waals surface area contributed by atoms with Gasteiger partial charge in [0.15, 0.2) is 0 Å². The van der Waals surface area contributed by atoms with Gasteiger partial charge in [0.1, 0.15) is 6.10 Å². The first-order chi connectivity index (χ1) is 7.61. The van der Waals surface area contributed by atoms with Crippen molar-refractivity contribution in [2.24, 2.45) is 0 Å². The van der Waals surface area contributed by atoms with Crippen LogP contribution in [-0.4, -0.2) is 11.0 Å². The zero-order valence-electron chi connectivity index (χ0n) is 9.62. The molecule has 1 aliphatic rings. The number of fused-ring (bicyclic) bond motifs is 1. The number of pyridine rings is 1. The number of nitrogens with zero attached hydrogens (tertiary/aromatic N) is 1. The van der Waals surface area contributed by atoms with Gasteiger partial charge in [-0.25, -0.2) is 0 Å². The van der Waals surface area contributed by atoms with E-state index in [1.165, 1.54) is 6.92 Å². The number of nitrogens with two attached hydrogens (primary N) is 1. The average molecular weight is 220 g/mol. The van der Waals surface area contributed by atoms with E-state index in [1.807, 2.05) is 13.0 Å². The molecule has 1 atom stereocenters. The summed E-state index contributed by atoms with van der Waals surface area (Å²) in [6, 6.07) is 1.96. The number of anilines is 1. The fraction of sp³-hybridized carbons (Fsp3) is 0.500. The first-order valence-electron chi connectivity index (χ1n) is 5.57. The quantitative estimate of drug-likeness (QED) is 0.771. The molecule has 0 bridgehead atoms. The molecule has 0 radical (unpaired) electrons. The molecule has 0 saturated carbocycles. The molecule has 0 fully saturated rings. The Bertz CT molecular complexity index is 429. The summed E-state index contributed by atoms with van der Waals surface area (Å²) in [5, 5.41) is 0. The largest absolute Gasteiger partial charge is 0.456 e. The number of hydrogen-bond donors (Lipinski definition) is 1. The molecular formula is C12H16N2O2. The van der Waals surface area contributed by atoms with Gasteiger partial charge in [-0.2, -0.15) is 0 Å². The van der Waals surface area contributed by atoms with Crippen LogP contribution in [0.2, 0.25) is 0 Å². The maximum Gasteiger partial charge on any atom is 0.303 e. The summed E-state index contributed by atoms with van der Waals surface area (Å²) in [6.45, 7) is 3.44. The number of aromatic nitrogens is 1. The summed E-state index contributed by atoms with van der Waals surface area (Å²) >= 11 is 0. The molecule has 0 spiro atoms. The number of nitrogen functional groups attached to an aromatic ring is 1. The third kappa shape index (κ3) is 1.87. The fourth-order valence-corrected chi connectivity index (χ4v) is 2.13. The Balaban J connectivity index is 2.34. The highest BCUT2D eigenvalue weighted by Crippen LogP contribution is 2.34. The van der Waals surface area contributed by atoms with Crippen LogP contribution in [0.4, 0.5) is 5.69 Å². The lowest BCUT2D eigenvalue weighted by atomic mass is 10.1. The van der Waals surface area contributed by atoms with Crippen LogP contribution in [0.25, 0.3) is 0 Å². The highest BCUT2D eigenvalue weighted by Gasteiger charge is 2.27. The van der Waals surface area contributed by atoms with Crippen molar-refractivity contribution >= 4 is 11.7 Å². The van der Waals surface area contributed by atoms with Crippen molar-refractivity contribution in [3.63, 3.8) is 0 Å². The van der Waals surface area contributed by atoms with Gasteiger partial charge >= 0.3 is 5.97 Å². The molecule has 0 aliphatic heterocycles. The normalized spacial score (nSPS) is 18.2. The Labute approximate surface area is 94.8 Å². The minimum Gasteiger partial charge on any atom is -0.456 e. The minimum atomic E-state index is -0.255. The maximum atomic E-state index is 11.0. The summed E-state index contributed by atoms with van der Waals surface area (Å²) in [7, 11) is 0. The molecule has 2 rings (SSSR count). The highest BCUT2D eigenvalue weighted by atomic mass is 16.5. The van der Waals surface area contributed by atoms with Gasteiger partial charge in [0.25, 0.3) is 0 Å². The van der Waals surface area contributed by atoms with Crippen molar-refractivity contribution in [1.29, 1.82) is 0 Å². The van der Waals surface area contributed by atoms with E-state index in [2.05, 4.69) is 4.98 Å². The predicted molar refractivity (Wildman–Crippen MR) is 60.9 cm³/mol. The van der Waals surface area contributed by atoms with Crippen LogP contribution < -0.4 is 5.73 Å². The van der Waals surface area contributed by atoms with E-state index >= 15 is 0 Å². The Morgan fingerprint density at radius 2 is 2.44 bits per heavy atom. The zero-order chi connectivity index (χ0) is 11.7. The zero-order valence-corrected chi connectivity index (χ0v) is 9.62. The lowest BCUT2D eigenvalue weighted by molar-refractivity contribution is -0.146. The van der Waals surface area contributed by atoms with E-state index in [4.69, 9.17) is 10.5 Å². The average Bonchev–Trinajstić information content (AvgIpc) is 2.59. The van der Waals surface area contributed by atoms with Crippen LogP contribution in [0.5, 0.6) is 0 Å². The standard InChI is InChI=1S/C12H16N2O2/c1-3-10-9(13)6-8-4-5-11(12(8)14-10)16-7(2)15/h6,11H,3-5,13H2,1-2H3. The summed E-state index contributed by atoms with van der Waals surface area (Å²) in [5.41, 5.74) is 9.51. The van der Waals surface area contributed by atoms with Gasteiger partial charge in [-0.05, 0) is 30.9 Å². The van der Waals surface area contributed by atoms with Crippen molar-refractivity contribution in [2.45, 2.75) is 39.2 Å². The maximum absolute atomic E-state index is 11.0. The summed E-state index contributed by atoms with van der Waals surface area (Å²) in [6.07, 6.45) is 2.31. The number of aryl methyl sites for hydroxylation is 2. The second kappa shape index (κ2) is 4.12. The van der Waals surface area contributed by atoms with Crippen molar-refractivity contribution in [3.05, 3.63) is 23.0 Å². The third-order valence-corrected chi connectivity index (χ3v) is 2.87. The van der Waals surface area contributed by atoms with Gasteiger partial charge in [-0.15, -0.1) is 0 Å². The molecule has 86 valence electrons. The van der Waals surface area contributed by atoms with E-state index in [-0.39, 0.29) is 12.1 Å². The minimum absolute atomic E-state index is 0.182. The molecule has 1 heterocycles. The van der Waals surface area contributed by atoms with Gasteiger partial charge in [-0.3, -0.25) is 9.78 Å². The monoisotopic (exact) mass is 220 g/mol. The Hall–Kier alpha value is -1.58. The fourth-order valence-electron chi connectivity index (χ4n) is 2.13. The van der Waals surface area contributed by atoms with Crippen LogP contribution in [0.15, 0.2) is 6.07 Å². The number of rotatable bonds is 2. The van der Waals surface area contributed by atoms with Crippen LogP contribution in [0.3, 0.4) is 0 Å². The molecular weight excluding hydrogens is 204 g/mol. The molecule has 0 saturated heterocycles. The van der Waals surface area contributed by atoms with E-state index in [0.29, 0.717) is 0 Å². The number of ether oxygens (including phenoxy) is 1. The topological polar surface area (TPSA) is 65.2 Å². The summed E-state index contributed by atoms with van der Waals surface area (Å²) in [5.74, 6) is -0.255. The summed E-state index contributed by atoms with van der Waals surface area (Å²) < 4.78 is 5.23. The van der Waals surface area contributed by atoms with Gasteiger partial charge in [0.05, 0.1) is 17.1 Å². The molecule has 4 heteroatoms. The van der Waals surface area contributed by atoms with Crippen molar-refractivity contribution < 1.29 is 9.53 Å². The lowest BCUT2D eigenvalue weighted by Gasteiger charge is -2.12. The number of esters is 1.